The van der Waals surface area contributed by atoms with Gasteiger partial charge in [0, 0.05) is 38.5 Å². The van der Waals surface area contributed by atoms with E-state index in [0.29, 0.717) is 6.10 Å². The van der Waals surface area contributed by atoms with E-state index in [2.05, 4.69) is 27.1 Å². The SMILES string of the molecule is CCCNc1cc(C)nc(CN2CCC(OC)C2)n1. The molecule has 0 bridgehead atoms. The molecule has 2 heterocycles. The summed E-state index contributed by atoms with van der Waals surface area (Å²) in [5, 5.41) is 3.33. The normalized spacial score (nSPS) is 19.8. The monoisotopic (exact) mass is 264 g/mol. The van der Waals surface area contributed by atoms with Crippen LogP contribution in [0.3, 0.4) is 0 Å². The van der Waals surface area contributed by atoms with Crippen LogP contribution in [0.25, 0.3) is 0 Å². The van der Waals surface area contributed by atoms with Crippen LogP contribution in [0, 0.1) is 6.92 Å². The van der Waals surface area contributed by atoms with Crippen LogP contribution in [-0.2, 0) is 11.3 Å². The molecule has 0 spiro atoms. The van der Waals surface area contributed by atoms with Gasteiger partial charge in [-0.1, -0.05) is 6.92 Å². The van der Waals surface area contributed by atoms with E-state index >= 15 is 0 Å². The number of hydrogen-bond donors (Lipinski definition) is 1. The number of aromatic nitrogens is 2. The molecule has 0 radical (unpaired) electrons. The molecule has 1 aliphatic heterocycles. The first kappa shape index (κ1) is 14.2. The number of hydrogen-bond acceptors (Lipinski definition) is 5. The minimum atomic E-state index is 0.363. The Kier molecular flexibility index (Phi) is 5.10. The Hall–Kier alpha value is -1.20. The molecule has 5 heteroatoms. The highest BCUT2D eigenvalue weighted by atomic mass is 16.5. The molecule has 0 saturated carbocycles. The molecule has 19 heavy (non-hydrogen) atoms. The maximum Gasteiger partial charge on any atom is 0.144 e. The topological polar surface area (TPSA) is 50.3 Å². The zero-order chi connectivity index (χ0) is 13.7. The number of anilines is 1. The Labute approximate surface area is 115 Å². The zero-order valence-electron chi connectivity index (χ0n) is 12.1. The van der Waals surface area contributed by atoms with Crippen LogP contribution in [0.2, 0.25) is 0 Å². The van der Waals surface area contributed by atoms with Gasteiger partial charge in [0.1, 0.15) is 11.6 Å². The Bertz CT molecular complexity index is 410. The van der Waals surface area contributed by atoms with Gasteiger partial charge in [-0.25, -0.2) is 9.97 Å². The van der Waals surface area contributed by atoms with Crippen LogP contribution in [0.15, 0.2) is 6.07 Å². The van der Waals surface area contributed by atoms with Gasteiger partial charge < -0.3 is 10.1 Å². The fraction of sp³-hybridized carbons (Fsp3) is 0.714. The number of rotatable bonds is 6. The van der Waals surface area contributed by atoms with Crippen LogP contribution in [-0.4, -0.2) is 47.7 Å². The molecule has 1 unspecified atom stereocenters. The summed E-state index contributed by atoms with van der Waals surface area (Å²) in [5.41, 5.74) is 1.02. The Balaban J connectivity index is 1.97. The van der Waals surface area contributed by atoms with Gasteiger partial charge in [0.2, 0.25) is 0 Å². The number of methoxy groups -OCH3 is 1. The Morgan fingerprint density at radius 3 is 3.00 bits per heavy atom. The highest BCUT2D eigenvalue weighted by Crippen LogP contribution is 2.15. The first-order valence-electron chi connectivity index (χ1n) is 7.05. The van der Waals surface area contributed by atoms with Crippen LogP contribution in [0.4, 0.5) is 5.82 Å². The second-order valence-electron chi connectivity index (χ2n) is 5.12. The van der Waals surface area contributed by atoms with Gasteiger partial charge in [0.25, 0.3) is 0 Å². The van der Waals surface area contributed by atoms with E-state index in [1.54, 1.807) is 7.11 Å². The predicted molar refractivity (Wildman–Crippen MR) is 76.2 cm³/mol. The molecule has 0 aromatic carbocycles. The van der Waals surface area contributed by atoms with Gasteiger partial charge >= 0.3 is 0 Å². The number of nitrogens with one attached hydrogen (secondary N) is 1. The molecule has 106 valence electrons. The molecule has 1 aromatic rings. The third-order valence-corrected chi connectivity index (χ3v) is 3.38. The number of ether oxygens (including phenoxy) is 1. The first-order valence-corrected chi connectivity index (χ1v) is 7.05. The van der Waals surface area contributed by atoms with Crippen LogP contribution in [0.1, 0.15) is 31.3 Å². The lowest BCUT2D eigenvalue weighted by molar-refractivity contribution is 0.107. The van der Waals surface area contributed by atoms with Crippen molar-refractivity contribution in [3.8, 4) is 0 Å². The van der Waals surface area contributed by atoms with Gasteiger partial charge in [-0.2, -0.15) is 0 Å². The van der Waals surface area contributed by atoms with Crippen LogP contribution >= 0.6 is 0 Å². The summed E-state index contributed by atoms with van der Waals surface area (Å²) in [7, 11) is 1.78. The van der Waals surface area contributed by atoms with Crippen LogP contribution in [0.5, 0.6) is 0 Å². The van der Waals surface area contributed by atoms with Gasteiger partial charge in [0.05, 0.1) is 12.6 Å². The molecule has 0 amide bonds. The molecule has 5 nitrogen and oxygen atoms in total. The van der Waals surface area contributed by atoms with Crippen LogP contribution < -0.4 is 5.32 Å². The lowest BCUT2D eigenvalue weighted by atomic mass is 10.3. The molecular formula is C14H24N4O. The molecule has 1 fully saturated rings. The Morgan fingerprint density at radius 1 is 1.47 bits per heavy atom. The molecular weight excluding hydrogens is 240 g/mol. The summed E-state index contributed by atoms with van der Waals surface area (Å²) >= 11 is 0. The molecule has 1 aliphatic rings. The predicted octanol–water partition coefficient (Wildman–Crippen LogP) is 1.83. The first-order chi connectivity index (χ1) is 9.21. The van der Waals surface area contributed by atoms with E-state index in [9.17, 15) is 0 Å². The second-order valence-corrected chi connectivity index (χ2v) is 5.12. The van der Waals surface area contributed by atoms with Crippen molar-refractivity contribution in [3.05, 3.63) is 17.6 Å². The smallest absolute Gasteiger partial charge is 0.144 e. The fourth-order valence-corrected chi connectivity index (χ4v) is 2.38. The molecule has 1 saturated heterocycles. The van der Waals surface area contributed by atoms with Crippen molar-refractivity contribution in [2.24, 2.45) is 0 Å². The van der Waals surface area contributed by atoms with E-state index in [4.69, 9.17) is 4.74 Å². The van der Waals surface area contributed by atoms with E-state index in [0.717, 1.165) is 56.4 Å². The molecule has 0 aliphatic carbocycles. The standard InChI is InChI=1S/C14H24N4O/c1-4-6-15-13-8-11(2)16-14(17-13)10-18-7-5-12(9-18)19-3/h8,12H,4-7,9-10H2,1-3H3,(H,15,16,17). The minimum absolute atomic E-state index is 0.363. The lowest BCUT2D eigenvalue weighted by Crippen LogP contribution is -2.24. The average Bonchev–Trinajstić information content (AvgIpc) is 2.83. The van der Waals surface area contributed by atoms with Crippen molar-refractivity contribution in [1.29, 1.82) is 0 Å². The van der Waals surface area contributed by atoms with Gasteiger partial charge in [0.15, 0.2) is 0 Å². The van der Waals surface area contributed by atoms with E-state index in [1.807, 2.05) is 13.0 Å². The van der Waals surface area contributed by atoms with Gasteiger partial charge in [-0.3, -0.25) is 4.90 Å². The van der Waals surface area contributed by atoms with E-state index < -0.39 is 0 Å². The van der Waals surface area contributed by atoms with Crippen molar-refractivity contribution >= 4 is 5.82 Å². The van der Waals surface area contributed by atoms with Crippen molar-refractivity contribution in [3.63, 3.8) is 0 Å². The quantitative estimate of drug-likeness (QED) is 0.849. The summed E-state index contributed by atoms with van der Waals surface area (Å²) < 4.78 is 5.38. The maximum absolute atomic E-state index is 5.38. The molecule has 1 aromatic heterocycles. The third kappa shape index (κ3) is 4.14. The van der Waals surface area contributed by atoms with Crippen molar-refractivity contribution in [2.75, 3.05) is 32.1 Å². The zero-order valence-corrected chi connectivity index (χ0v) is 12.1. The highest BCUT2D eigenvalue weighted by molar-refractivity contribution is 5.35. The maximum atomic E-state index is 5.38. The number of likely N-dealkylation sites (tertiary alicyclic amines) is 1. The van der Waals surface area contributed by atoms with Crippen molar-refractivity contribution in [1.82, 2.24) is 14.9 Å². The summed E-state index contributed by atoms with van der Waals surface area (Å²) in [4.78, 5) is 11.5. The lowest BCUT2D eigenvalue weighted by Gasteiger charge is -2.15. The number of nitrogens with zero attached hydrogens (tertiary/aromatic N) is 3. The molecule has 2 rings (SSSR count). The molecule has 1 atom stereocenters. The minimum Gasteiger partial charge on any atom is -0.380 e. The fourth-order valence-electron chi connectivity index (χ4n) is 2.38. The van der Waals surface area contributed by atoms with Gasteiger partial charge in [-0.05, 0) is 19.8 Å². The summed E-state index contributed by atoms with van der Waals surface area (Å²) in [6, 6.07) is 2.00. The summed E-state index contributed by atoms with van der Waals surface area (Å²) in [6.45, 7) is 7.97. The average molecular weight is 264 g/mol. The summed E-state index contributed by atoms with van der Waals surface area (Å²) in [5.74, 6) is 1.84. The largest absolute Gasteiger partial charge is 0.380 e. The van der Waals surface area contributed by atoms with E-state index in [1.165, 1.54) is 0 Å². The molecule has 1 N–H and O–H groups in total. The third-order valence-electron chi connectivity index (χ3n) is 3.38. The summed E-state index contributed by atoms with van der Waals surface area (Å²) in [6.07, 6.45) is 2.56. The van der Waals surface area contributed by atoms with Gasteiger partial charge in [-0.15, -0.1) is 0 Å². The number of aryl methyl sites for hydroxylation is 1. The Morgan fingerprint density at radius 2 is 2.32 bits per heavy atom. The van der Waals surface area contributed by atoms with Crippen molar-refractivity contribution < 1.29 is 4.74 Å². The van der Waals surface area contributed by atoms with E-state index in [-0.39, 0.29) is 0 Å². The van der Waals surface area contributed by atoms with Crippen molar-refractivity contribution in [2.45, 2.75) is 39.3 Å². The second kappa shape index (κ2) is 6.82. The highest BCUT2D eigenvalue weighted by Gasteiger charge is 2.22.